The highest BCUT2D eigenvalue weighted by atomic mass is 15.3. The molecule has 0 aliphatic carbocycles. The minimum absolute atomic E-state index is 0.343. The molecule has 0 fully saturated rings. The molecule has 6 nitrogen and oxygen atoms in total. The molecular formula is C15H28N6. The van der Waals surface area contributed by atoms with Crippen molar-refractivity contribution in [3.8, 4) is 0 Å². The van der Waals surface area contributed by atoms with Gasteiger partial charge in [-0.2, -0.15) is 0 Å². The topological polar surface area (TPSA) is 101 Å². The molecular weight excluding hydrogens is 264 g/mol. The van der Waals surface area contributed by atoms with Gasteiger partial charge in [0.1, 0.15) is 5.84 Å². The van der Waals surface area contributed by atoms with Crippen LogP contribution in [0.3, 0.4) is 0 Å². The number of nitrogens with zero attached hydrogens (tertiary/aromatic N) is 3. The van der Waals surface area contributed by atoms with Crippen molar-refractivity contribution in [2.45, 2.75) is 59.7 Å². The average Bonchev–Trinajstić information content (AvgIpc) is 2.42. The summed E-state index contributed by atoms with van der Waals surface area (Å²) in [7, 11) is 0. The fourth-order valence-corrected chi connectivity index (χ4v) is 2.16. The monoisotopic (exact) mass is 292 g/mol. The van der Waals surface area contributed by atoms with Crippen LogP contribution in [0.4, 0.5) is 0 Å². The molecule has 0 spiro atoms. The van der Waals surface area contributed by atoms with Gasteiger partial charge in [0.25, 0.3) is 0 Å². The minimum Gasteiger partial charge on any atom is -0.370 e. The highest BCUT2D eigenvalue weighted by Crippen LogP contribution is 2.16. The van der Waals surface area contributed by atoms with Crippen LogP contribution in [-0.2, 0) is 0 Å². The van der Waals surface area contributed by atoms with Crippen molar-refractivity contribution >= 4 is 17.5 Å². The third-order valence-electron chi connectivity index (χ3n) is 3.46. The molecule has 0 radical (unpaired) electrons. The van der Waals surface area contributed by atoms with Crippen molar-refractivity contribution < 1.29 is 0 Å². The zero-order chi connectivity index (χ0) is 15.8. The quantitative estimate of drug-likeness (QED) is 0.626. The van der Waals surface area contributed by atoms with E-state index >= 15 is 0 Å². The lowest BCUT2D eigenvalue weighted by molar-refractivity contribution is 0.577. The summed E-state index contributed by atoms with van der Waals surface area (Å²) in [5, 5.41) is 2.97. The van der Waals surface area contributed by atoms with Crippen LogP contribution < -0.4 is 16.8 Å². The van der Waals surface area contributed by atoms with Crippen LogP contribution in [0.5, 0.6) is 0 Å². The largest absolute Gasteiger partial charge is 0.370 e. The van der Waals surface area contributed by atoms with Gasteiger partial charge in [-0.15, -0.1) is 0 Å². The molecule has 1 rings (SSSR count). The molecule has 0 saturated carbocycles. The lowest BCUT2D eigenvalue weighted by Gasteiger charge is -2.18. The molecule has 0 aromatic heterocycles. The zero-order valence-corrected chi connectivity index (χ0v) is 13.6. The van der Waals surface area contributed by atoms with Gasteiger partial charge in [0.15, 0.2) is 12.2 Å². The summed E-state index contributed by atoms with van der Waals surface area (Å²) < 4.78 is 0. The highest BCUT2D eigenvalue weighted by Gasteiger charge is 2.12. The molecule has 6 heteroatoms. The van der Waals surface area contributed by atoms with E-state index in [0.29, 0.717) is 11.9 Å². The van der Waals surface area contributed by atoms with Crippen molar-refractivity contribution in [2.24, 2.45) is 32.4 Å². The van der Waals surface area contributed by atoms with Gasteiger partial charge < -0.3 is 11.1 Å². The van der Waals surface area contributed by atoms with Gasteiger partial charge in [-0.05, 0) is 39.0 Å². The molecule has 0 amide bonds. The van der Waals surface area contributed by atoms with Gasteiger partial charge in [-0.3, -0.25) is 10.7 Å². The van der Waals surface area contributed by atoms with E-state index < -0.39 is 6.29 Å². The van der Waals surface area contributed by atoms with Gasteiger partial charge in [0.05, 0.1) is 0 Å². The Balaban J connectivity index is 2.57. The Bertz CT molecular complexity index is 461. The molecule has 2 atom stereocenters. The van der Waals surface area contributed by atoms with Crippen LogP contribution in [0.1, 0.15) is 53.4 Å². The second kappa shape index (κ2) is 8.56. The molecule has 1 aliphatic heterocycles. The number of amidine groups is 1. The van der Waals surface area contributed by atoms with Gasteiger partial charge in [0.2, 0.25) is 0 Å². The van der Waals surface area contributed by atoms with E-state index in [1.807, 2.05) is 0 Å². The summed E-state index contributed by atoms with van der Waals surface area (Å²) >= 11 is 0. The first kappa shape index (κ1) is 17.4. The minimum atomic E-state index is -0.574. The Morgan fingerprint density at radius 2 is 2.10 bits per heavy atom. The molecule has 0 aromatic rings. The van der Waals surface area contributed by atoms with Crippen molar-refractivity contribution in [3.05, 3.63) is 11.8 Å². The molecule has 1 aliphatic rings. The zero-order valence-electron chi connectivity index (χ0n) is 13.6. The van der Waals surface area contributed by atoms with Crippen LogP contribution in [0.2, 0.25) is 0 Å². The molecule has 0 bridgehead atoms. The fourth-order valence-electron chi connectivity index (χ4n) is 2.16. The molecule has 0 saturated heterocycles. The summed E-state index contributed by atoms with van der Waals surface area (Å²) in [6, 6.07) is 0. The Labute approximate surface area is 127 Å². The first-order valence-corrected chi connectivity index (χ1v) is 7.59. The summed E-state index contributed by atoms with van der Waals surface area (Å²) in [5.41, 5.74) is 13.6. The van der Waals surface area contributed by atoms with Crippen molar-refractivity contribution in [1.82, 2.24) is 5.32 Å². The van der Waals surface area contributed by atoms with Crippen LogP contribution in [0, 0.1) is 5.92 Å². The molecule has 0 aromatic carbocycles. The van der Waals surface area contributed by atoms with E-state index in [0.717, 1.165) is 42.9 Å². The number of guanidine groups is 1. The maximum absolute atomic E-state index is 5.68. The number of aliphatic imine (C=N–C) groups is 3. The molecule has 118 valence electrons. The Morgan fingerprint density at radius 3 is 2.67 bits per heavy atom. The predicted octanol–water partition coefficient (Wildman–Crippen LogP) is 2.13. The molecule has 5 N–H and O–H groups in total. The molecule has 2 unspecified atom stereocenters. The lowest BCUT2D eigenvalue weighted by Crippen LogP contribution is -2.43. The predicted molar refractivity (Wildman–Crippen MR) is 90.3 cm³/mol. The summed E-state index contributed by atoms with van der Waals surface area (Å²) in [6.07, 6.45) is 5.51. The second-order valence-corrected chi connectivity index (χ2v) is 5.34. The number of nitrogens with one attached hydrogen (secondary N) is 1. The normalized spacial score (nSPS) is 21.5. The second-order valence-electron chi connectivity index (χ2n) is 5.34. The van der Waals surface area contributed by atoms with E-state index in [1.165, 1.54) is 0 Å². The number of hydrogen-bond donors (Lipinski definition) is 3. The Morgan fingerprint density at radius 1 is 1.38 bits per heavy atom. The SMILES string of the molecule is CCC(C)=N/C(C)=C\C(CC)CCC1=NC(N)N=C(N)N1. The van der Waals surface area contributed by atoms with Crippen LogP contribution in [0.15, 0.2) is 26.8 Å². The summed E-state index contributed by atoms with van der Waals surface area (Å²) in [5.74, 6) is 1.63. The van der Waals surface area contributed by atoms with Crippen LogP contribution in [0.25, 0.3) is 0 Å². The van der Waals surface area contributed by atoms with Gasteiger partial charge >= 0.3 is 0 Å². The summed E-state index contributed by atoms with van der Waals surface area (Å²) in [4.78, 5) is 12.7. The maximum Gasteiger partial charge on any atom is 0.197 e. The third-order valence-corrected chi connectivity index (χ3v) is 3.46. The van der Waals surface area contributed by atoms with Crippen LogP contribution in [-0.4, -0.2) is 23.8 Å². The maximum atomic E-state index is 5.68. The Hall–Kier alpha value is -1.69. The van der Waals surface area contributed by atoms with Crippen molar-refractivity contribution in [2.75, 3.05) is 0 Å². The van der Waals surface area contributed by atoms with Gasteiger partial charge in [0, 0.05) is 17.8 Å². The van der Waals surface area contributed by atoms with Crippen molar-refractivity contribution in [1.29, 1.82) is 0 Å². The first-order valence-electron chi connectivity index (χ1n) is 7.59. The smallest absolute Gasteiger partial charge is 0.197 e. The van der Waals surface area contributed by atoms with E-state index in [1.54, 1.807) is 0 Å². The number of nitrogens with two attached hydrogens (primary N) is 2. The van der Waals surface area contributed by atoms with E-state index in [4.69, 9.17) is 11.5 Å². The highest BCUT2D eigenvalue weighted by molar-refractivity contribution is 6.00. The Kier molecular flexibility index (Phi) is 7.08. The average molecular weight is 292 g/mol. The van der Waals surface area contributed by atoms with Gasteiger partial charge in [-0.25, -0.2) is 9.98 Å². The molecule has 1 heterocycles. The van der Waals surface area contributed by atoms with E-state index in [9.17, 15) is 0 Å². The van der Waals surface area contributed by atoms with Crippen LogP contribution >= 0.6 is 0 Å². The van der Waals surface area contributed by atoms with E-state index in [2.05, 4.69) is 54.1 Å². The fraction of sp³-hybridized carbons (Fsp3) is 0.667. The van der Waals surface area contributed by atoms with Crippen molar-refractivity contribution in [3.63, 3.8) is 0 Å². The standard InChI is InChI=1S/C15H28N6/c1-5-10(3)18-11(4)9-12(6-2)7-8-13-19-14(16)21-15(17)20-13/h9,12,14H,5-8,16H2,1-4H3,(H3,17,19,20,21)/b11-9-,18-10?. The summed E-state index contributed by atoms with van der Waals surface area (Å²) in [6.45, 7) is 8.41. The van der Waals surface area contributed by atoms with E-state index in [-0.39, 0.29) is 0 Å². The first-order chi connectivity index (χ1) is 9.94. The van der Waals surface area contributed by atoms with Gasteiger partial charge in [-0.1, -0.05) is 19.9 Å². The third kappa shape index (κ3) is 6.53. The lowest BCUT2D eigenvalue weighted by atomic mass is 9.98. The number of allylic oxidation sites excluding steroid dienone is 2. The number of rotatable bonds is 7. The number of hydrogen-bond acceptors (Lipinski definition) is 6. The molecule has 21 heavy (non-hydrogen) atoms.